The van der Waals surface area contributed by atoms with Gasteiger partial charge in [-0.15, -0.1) is 11.3 Å². The van der Waals surface area contributed by atoms with E-state index in [2.05, 4.69) is 16.8 Å². The second-order valence-electron chi connectivity index (χ2n) is 7.59. The minimum Gasteiger partial charge on any atom is -0.309 e. The summed E-state index contributed by atoms with van der Waals surface area (Å²) in [5, 5.41) is 2.60. The van der Waals surface area contributed by atoms with E-state index in [9.17, 15) is 13.2 Å². The molecule has 8 heteroatoms. The second kappa shape index (κ2) is 8.38. The summed E-state index contributed by atoms with van der Waals surface area (Å²) < 4.78 is 23.9. The maximum absolute atomic E-state index is 12.9. The summed E-state index contributed by atoms with van der Waals surface area (Å²) in [6, 6.07) is 9.83. The summed E-state index contributed by atoms with van der Waals surface area (Å²) in [5.41, 5.74) is 1.76. The zero-order valence-corrected chi connectivity index (χ0v) is 18.1. The number of sulfone groups is 1. The number of thiophene rings is 1. The molecule has 1 atom stereocenters. The summed E-state index contributed by atoms with van der Waals surface area (Å²) in [5.74, 6) is 1.04. The lowest BCUT2D eigenvalue weighted by Gasteiger charge is -2.27. The number of benzene rings is 1. The quantitative estimate of drug-likeness (QED) is 0.620. The minimum absolute atomic E-state index is 0.00392. The van der Waals surface area contributed by atoms with Crippen molar-refractivity contribution in [1.82, 2.24) is 14.9 Å². The fraction of sp³-hybridized carbons (Fsp3) is 0.429. The predicted octanol–water partition coefficient (Wildman–Crippen LogP) is 3.44. The number of aromatic nitrogens is 2. The van der Waals surface area contributed by atoms with Crippen molar-refractivity contribution in [2.75, 3.05) is 18.1 Å². The van der Waals surface area contributed by atoms with Crippen LogP contribution in [0.4, 0.5) is 0 Å². The van der Waals surface area contributed by atoms with E-state index in [1.807, 2.05) is 35.7 Å². The largest absolute Gasteiger partial charge is 0.309 e. The van der Waals surface area contributed by atoms with Crippen molar-refractivity contribution in [3.63, 3.8) is 0 Å². The van der Waals surface area contributed by atoms with Crippen LogP contribution >= 0.6 is 11.3 Å². The lowest BCUT2D eigenvalue weighted by atomic mass is 10.1. The van der Waals surface area contributed by atoms with Gasteiger partial charge in [-0.2, -0.15) is 0 Å². The average molecular weight is 432 g/mol. The van der Waals surface area contributed by atoms with Gasteiger partial charge in [0.15, 0.2) is 9.84 Å². The van der Waals surface area contributed by atoms with E-state index in [4.69, 9.17) is 4.98 Å². The van der Waals surface area contributed by atoms with E-state index in [-0.39, 0.29) is 23.1 Å². The normalized spacial score (nSPS) is 18.6. The van der Waals surface area contributed by atoms with Crippen LogP contribution in [-0.2, 0) is 16.4 Å². The molecule has 29 heavy (non-hydrogen) atoms. The van der Waals surface area contributed by atoms with Crippen molar-refractivity contribution in [3.05, 3.63) is 51.9 Å². The van der Waals surface area contributed by atoms with Gasteiger partial charge in [0, 0.05) is 17.0 Å². The molecule has 1 unspecified atom stereocenters. The van der Waals surface area contributed by atoms with Crippen LogP contribution in [0.3, 0.4) is 0 Å². The highest BCUT2D eigenvalue weighted by Crippen LogP contribution is 2.30. The summed E-state index contributed by atoms with van der Waals surface area (Å²) in [7, 11) is -2.96. The molecule has 0 radical (unpaired) electrons. The molecule has 1 saturated heterocycles. The van der Waals surface area contributed by atoms with Crippen molar-refractivity contribution in [2.45, 2.75) is 38.8 Å². The van der Waals surface area contributed by atoms with E-state index < -0.39 is 9.84 Å². The highest BCUT2D eigenvalue weighted by Gasteiger charge is 2.32. The summed E-state index contributed by atoms with van der Waals surface area (Å²) in [6.07, 6.45) is 2.67. The molecular weight excluding hydrogens is 406 g/mol. The Morgan fingerprint density at radius 3 is 2.76 bits per heavy atom. The van der Waals surface area contributed by atoms with E-state index in [1.54, 1.807) is 0 Å². The van der Waals surface area contributed by atoms with Crippen molar-refractivity contribution in [2.24, 2.45) is 0 Å². The van der Waals surface area contributed by atoms with Crippen LogP contribution in [0, 0.1) is 0 Å². The lowest BCUT2D eigenvalue weighted by Crippen LogP contribution is -2.37. The van der Waals surface area contributed by atoms with Crippen LogP contribution in [0.5, 0.6) is 0 Å². The van der Waals surface area contributed by atoms with Crippen LogP contribution in [0.1, 0.15) is 32.0 Å². The number of rotatable bonds is 7. The van der Waals surface area contributed by atoms with Crippen LogP contribution in [0.15, 0.2) is 40.5 Å². The molecule has 0 aliphatic carbocycles. The average Bonchev–Trinajstić information content (AvgIpc) is 3.29. The molecule has 0 spiro atoms. The molecule has 0 amide bonds. The fourth-order valence-electron chi connectivity index (χ4n) is 3.91. The third kappa shape index (κ3) is 4.44. The minimum atomic E-state index is -2.96. The monoisotopic (exact) mass is 431 g/mol. The van der Waals surface area contributed by atoms with Crippen LogP contribution in [0.2, 0.25) is 0 Å². The van der Waals surface area contributed by atoms with Gasteiger partial charge in [-0.05, 0) is 24.9 Å². The Bertz CT molecular complexity index is 1150. The highest BCUT2D eigenvalue weighted by molar-refractivity contribution is 7.91. The third-order valence-electron chi connectivity index (χ3n) is 5.45. The molecule has 0 bridgehead atoms. The number of H-pyrrole nitrogens is 1. The Labute approximate surface area is 174 Å². The second-order valence-corrected chi connectivity index (χ2v) is 10.7. The first-order valence-corrected chi connectivity index (χ1v) is 12.7. The molecule has 3 heterocycles. The Kier molecular flexibility index (Phi) is 5.85. The molecule has 1 fully saturated rings. The molecule has 1 aliphatic heterocycles. The molecule has 1 aliphatic rings. The Morgan fingerprint density at radius 1 is 1.28 bits per heavy atom. The van der Waals surface area contributed by atoms with Gasteiger partial charge in [-0.3, -0.25) is 9.69 Å². The first-order chi connectivity index (χ1) is 14.0. The molecule has 2 aromatic heterocycles. The Hall–Kier alpha value is -2.03. The number of nitrogens with zero attached hydrogens (tertiary/aromatic N) is 2. The van der Waals surface area contributed by atoms with E-state index >= 15 is 0 Å². The number of fused-ring (bicyclic) bond motifs is 1. The van der Waals surface area contributed by atoms with E-state index in [0.717, 1.165) is 35.3 Å². The van der Waals surface area contributed by atoms with Gasteiger partial charge in [0.2, 0.25) is 0 Å². The Balaban J connectivity index is 1.64. The maximum Gasteiger partial charge on any atom is 0.260 e. The fourth-order valence-corrected chi connectivity index (χ4v) is 6.63. The predicted molar refractivity (Wildman–Crippen MR) is 118 cm³/mol. The van der Waals surface area contributed by atoms with Gasteiger partial charge in [-0.1, -0.05) is 43.7 Å². The van der Waals surface area contributed by atoms with Crippen molar-refractivity contribution < 1.29 is 8.42 Å². The molecule has 154 valence electrons. The van der Waals surface area contributed by atoms with Gasteiger partial charge in [-0.25, -0.2) is 13.4 Å². The summed E-state index contributed by atoms with van der Waals surface area (Å²) in [4.78, 5) is 23.4. The topological polar surface area (TPSA) is 83.1 Å². The third-order valence-corrected chi connectivity index (χ3v) is 8.08. The van der Waals surface area contributed by atoms with Crippen LogP contribution in [-0.4, -0.2) is 47.4 Å². The lowest BCUT2D eigenvalue weighted by molar-refractivity contribution is 0.195. The van der Waals surface area contributed by atoms with Gasteiger partial charge in [0.1, 0.15) is 10.7 Å². The van der Waals surface area contributed by atoms with Crippen LogP contribution < -0.4 is 5.56 Å². The molecule has 3 aromatic rings. The number of hydrogen-bond donors (Lipinski definition) is 1. The molecule has 4 rings (SSSR count). The zero-order chi connectivity index (χ0) is 20.4. The Morgan fingerprint density at radius 2 is 2.07 bits per heavy atom. The SMILES string of the molecule is CCCCN(Cc1nc2scc(-c3ccccc3)c2c(=O)[nH]1)C1CCS(=O)(=O)C1. The zero-order valence-electron chi connectivity index (χ0n) is 16.4. The summed E-state index contributed by atoms with van der Waals surface area (Å²) in [6.45, 7) is 3.38. The smallest absolute Gasteiger partial charge is 0.260 e. The maximum atomic E-state index is 12.9. The standard InChI is InChI=1S/C21H25N3O3S2/c1-2-3-10-24(16-9-11-29(26,27)14-16)12-18-22-20(25)19-17(13-28-21(19)23-18)15-7-5-4-6-8-15/h4-8,13,16H,2-3,9-12,14H2,1H3,(H,22,23,25). The molecular formula is C21H25N3O3S2. The molecule has 0 saturated carbocycles. The van der Waals surface area contributed by atoms with Gasteiger partial charge in [0.25, 0.3) is 5.56 Å². The van der Waals surface area contributed by atoms with E-state index in [1.165, 1.54) is 11.3 Å². The number of hydrogen-bond acceptors (Lipinski definition) is 6. The van der Waals surface area contributed by atoms with Crippen LogP contribution in [0.25, 0.3) is 21.3 Å². The number of nitrogens with one attached hydrogen (secondary N) is 1. The highest BCUT2D eigenvalue weighted by atomic mass is 32.2. The number of unbranched alkanes of at least 4 members (excludes halogenated alkanes) is 1. The first kappa shape index (κ1) is 20.3. The first-order valence-electron chi connectivity index (χ1n) is 9.97. The summed E-state index contributed by atoms with van der Waals surface area (Å²) >= 11 is 1.47. The van der Waals surface area contributed by atoms with Crippen molar-refractivity contribution in [1.29, 1.82) is 0 Å². The van der Waals surface area contributed by atoms with E-state index in [0.29, 0.717) is 24.2 Å². The number of aromatic amines is 1. The van der Waals surface area contributed by atoms with Gasteiger partial charge < -0.3 is 4.98 Å². The van der Waals surface area contributed by atoms with Gasteiger partial charge in [0.05, 0.1) is 23.4 Å². The van der Waals surface area contributed by atoms with Gasteiger partial charge >= 0.3 is 0 Å². The molecule has 6 nitrogen and oxygen atoms in total. The molecule has 1 aromatic carbocycles. The van der Waals surface area contributed by atoms with Crippen molar-refractivity contribution in [3.8, 4) is 11.1 Å². The molecule has 1 N–H and O–H groups in total. The van der Waals surface area contributed by atoms with Crippen molar-refractivity contribution >= 4 is 31.4 Å².